The minimum Gasteiger partial charge on any atom is -0.406 e. The number of rotatable bonds is 5. The number of pyridine rings is 1. The van der Waals surface area contributed by atoms with Crippen LogP contribution in [0.25, 0.3) is 11.1 Å². The monoisotopic (exact) mass is 484 g/mol. The lowest BCUT2D eigenvalue weighted by Crippen LogP contribution is -2.32. The van der Waals surface area contributed by atoms with Gasteiger partial charge in [0.25, 0.3) is 5.91 Å². The molecule has 0 atom stereocenters. The van der Waals surface area contributed by atoms with Crippen LogP contribution in [0, 0.1) is 0 Å². The molecule has 2 heterocycles. The molecule has 35 heavy (non-hydrogen) atoms. The molecule has 2 aromatic rings. The van der Waals surface area contributed by atoms with Gasteiger partial charge in [-0.1, -0.05) is 18.2 Å². The molecule has 8 nitrogen and oxygen atoms in total. The van der Waals surface area contributed by atoms with Crippen LogP contribution >= 0.6 is 0 Å². The Balaban J connectivity index is 0.000000411. The summed E-state index contributed by atoms with van der Waals surface area (Å²) in [6.45, 7) is 1.22. The van der Waals surface area contributed by atoms with Gasteiger partial charge in [0.2, 0.25) is 5.91 Å². The van der Waals surface area contributed by atoms with E-state index in [4.69, 9.17) is 0 Å². The van der Waals surface area contributed by atoms with Gasteiger partial charge in [-0.05, 0) is 59.2 Å². The molecule has 1 aromatic heterocycles. The summed E-state index contributed by atoms with van der Waals surface area (Å²) >= 11 is 0. The molecule has 0 unspecified atom stereocenters. The summed E-state index contributed by atoms with van der Waals surface area (Å²) in [5.74, 6) is -0.966. The van der Waals surface area contributed by atoms with Crippen molar-refractivity contribution in [2.75, 3.05) is 16.8 Å². The van der Waals surface area contributed by atoms with Gasteiger partial charge >= 0.3 is 12.4 Å². The molecule has 1 N–H and O–H groups in total. The van der Waals surface area contributed by atoms with Crippen molar-refractivity contribution in [1.29, 1.82) is 0 Å². The van der Waals surface area contributed by atoms with Crippen molar-refractivity contribution in [1.82, 2.24) is 9.88 Å². The molecular weight excluding hydrogens is 465 g/mol. The van der Waals surface area contributed by atoms with Crippen molar-refractivity contribution in [3.63, 3.8) is 0 Å². The molecule has 180 valence electrons. The van der Waals surface area contributed by atoms with Crippen LogP contribution in [0.4, 0.5) is 29.5 Å². The first-order chi connectivity index (χ1) is 16.6. The Morgan fingerprint density at radius 1 is 1.06 bits per heavy atom. The zero-order chi connectivity index (χ0) is 25.2. The summed E-state index contributed by atoms with van der Waals surface area (Å²) in [5.41, 5.74) is 3.62. The highest BCUT2D eigenvalue weighted by molar-refractivity contribution is 6.19. The quantitative estimate of drug-likeness (QED) is 0.419. The van der Waals surface area contributed by atoms with Crippen LogP contribution in [-0.2, 0) is 16.1 Å². The van der Waals surface area contributed by atoms with E-state index in [1.54, 1.807) is 12.1 Å². The maximum atomic E-state index is 12.6. The van der Waals surface area contributed by atoms with Gasteiger partial charge in [-0.15, -0.1) is 13.2 Å². The van der Waals surface area contributed by atoms with Gasteiger partial charge in [-0.2, -0.15) is 0 Å². The van der Waals surface area contributed by atoms with Gasteiger partial charge in [0.05, 0.1) is 5.69 Å². The Morgan fingerprint density at radius 3 is 2.29 bits per heavy atom. The number of urea groups is 1. The van der Waals surface area contributed by atoms with Gasteiger partial charge in [0.15, 0.2) is 0 Å². The third-order valence-corrected chi connectivity index (χ3v) is 4.98. The Kier molecular flexibility index (Phi) is 6.41. The summed E-state index contributed by atoms with van der Waals surface area (Å²) < 4.78 is 40.5. The molecule has 0 bridgehead atoms. The predicted molar refractivity (Wildman–Crippen MR) is 120 cm³/mol. The lowest BCUT2D eigenvalue weighted by molar-refractivity contribution is -0.274. The normalized spacial score (nSPS) is 13.8. The van der Waals surface area contributed by atoms with Crippen molar-refractivity contribution in [3.8, 4) is 16.9 Å². The number of benzene rings is 2. The van der Waals surface area contributed by atoms with Crippen LogP contribution in [-0.4, -0.2) is 40.6 Å². The van der Waals surface area contributed by atoms with E-state index in [0.29, 0.717) is 11.4 Å². The van der Waals surface area contributed by atoms with E-state index in [1.807, 2.05) is 0 Å². The number of nitrogens with zero attached hydrogens (tertiary/aromatic N) is 3. The molecule has 1 aliphatic heterocycles. The zero-order valence-electron chi connectivity index (χ0n) is 18.4. The molecule has 1 saturated heterocycles. The topological polar surface area (TPSA) is 91.8 Å². The zero-order valence-corrected chi connectivity index (χ0v) is 18.4. The molecule has 2 aliphatic carbocycles. The van der Waals surface area contributed by atoms with E-state index in [-0.39, 0.29) is 24.7 Å². The SMILES string of the molecule is CC(=O)Nc1cc(CN2CC(=O)N(c3ccc(OC(F)(F)F)cc3)C2=O)ccn1.c1cc2cc-2c1. The Bertz CT molecular complexity index is 1260. The molecule has 1 aromatic carbocycles. The van der Waals surface area contributed by atoms with Crippen LogP contribution in [0.5, 0.6) is 5.75 Å². The number of carbonyl (C=O) groups is 3. The average Bonchev–Trinajstić information content (AvgIpc) is 3.26. The number of ether oxygens (including phenoxy) is 1. The Hall–Kier alpha value is -4.41. The van der Waals surface area contributed by atoms with Crippen molar-refractivity contribution < 1.29 is 32.3 Å². The van der Waals surface area contributed by atoms with Crippen LogP contribution < -0.4 is 15.0 Å². The van der Waals surface area contributed by atoms with Gasteiger partial charge in [-0.3, -0.25) is 9.59 Å². The minimum absolute atomic E-state index is 0.0887. The minimum atomic E-state index is -4.84. The van der Waals surface area contributed by atoms with Crippen molar-refractivity contribution in [3.05, 3.63) is 72.4 Å². The molecule has 0 spiro atoms. The highest BCUT2D eigenvalue weighted by Crippen LogP contribution is 2.32. The number of imide groups is 1. The van der Waals surface area contributed by atoms with E-state index < -0.39 is 24.1 Å². The van der Waals surface area contributed by atoms with Crippen molar-refractivity contribution >= 4 is 29.4 Å². The number of nitrogens with one attached hydrogen (secondary N) is 1. The molecule has 4 amide bonds. The second-order valence-electron chi connectivity index (χ2n) is 7.72. The fraction of sp³-hybridized carbons (Fsp3) is 0.167. The van der Waals surface area contributed by atoms with E-state index in [9.17, 15) is 27.6 Å². The predicted octanol–water partition coefficient (Wildman–Crippen LogP) is 4.57. The smallest absolute Gasteiger partial charge is 0.406 e. The summed E-state index contributed by atoms with van der Waals surface area (Å²) in [4.78, 5) is 42.2. The average molecular weight is 484 g/mol. The Morgan fingerprint density at radius 2 is 1.74 bits per heavy atom. The van der Waals surface area contributed by atoms with E-state index in [1.165, 1.54) is 41.3 Å². The number of aromatic nitrogens is 1. The molecule has 1 fully saturated rings. The van der Waals surface area contributed by atoms with E-state index >= 15 is 0 Å². The number of carbonyl (C=O) groups excluding carboxylic acids is 3. The van der Waals surface area contributed by atoms with Crippen LogP contribution in [0.2, 0.25) is 0 Å². The fourth-order valence-corrected chi connectivity index (χ4v) is 3.44. The maximum Gasteiger partial charge on any atom is 0.573 e. The lowest BCUT2D eigenvalue weighted by atomic mass is 10.2. The molecule has 0 radical (unpaired) electrons. The van der Waals surface area contributed by atoms with Crippen molar-refractivity contribution in [2.24, 2.45) is 0 Å². The highest BCUT2D eigenvalue weighted by atomic mass is 19.4. The van der Waals surface area contributed by atoms with Gasteiger partial charge in [0, 0.05) is 19.7 Å². The van der Waals surface area contributed by atoms with Crippen LogP contribution in [0.3, 0.4) is 0 Å². The summed E-state index contributed by atoms with van der Waals surface area (Å²) in [7, 11) is 0. The molecule has 5 rings (SSSR count). The first-order valence-electron chi connectivity index (χ1n) is 10.4. The van der Waals surface area contributed by atoms with Crippen LogP contribution in [0.15, 0.2) is 66.9 Å². The highest BCUT2D eigenvalue weighted by Gasteiger charge is 2.37. The lowest BCUT2D eigenvalue weighted by Gasteiger charge is -2.18. The van der Waals surface area contributed by atoms with Crippen LogP contribution in [0.1, 0.15) is 12.5 Å². The van der Waals surface area contributed by atoms with E-state index in [0.717, 1.165) is 17.0 Å². The first-order valence-corrected chi connectivity index (χ1v) is 10.4. The largest absolute Gasteiger partial charge is 0.573 e. The second kappa shape index (κ2) is 9.45. The molecular formula is C24H19F3N4O4. The first kappa shape index (κ1) is 23.7. The van der Waals surface area contributed by atoms with Crippen molar-refractivity contribution in [2.45, 2.75) is 19.8 Å². The number of halogens is 3. The number of anilines is 2. The van der Waals surface area contributed by atoms with Gasteiger partial charge < -0.3 is 15.0 Å². The third kappa shape index (κ3) is 6.14. The summed E-state index contributed by atoms with van der Waals surface area (Å²) in [5, 5.41) is 2.52. The molecule has 0 saturated carbocycles. The van der Waals surface area contributed by atoms with E-state index in [2.05, 4.69) is 39.3 Å². The number of hydrogen-bond acceptors (Lipinski definition) is 5. The number of alkyl halides is 3. The fourth-order valence-electron chi connectivity index (χ4n) is 3.44. The van der Waals surface area contributed by atoms with Gasteiger partial charge in [-0.25, -0.2) is 14.7 Å². The number of amides is 4. The second-order valence-corrected chi connectivity index (χ2v) is 7.72. The number of hydrogen-bond donors (Lipinski definition) is 1. The molecule has 3 aliphatic rings. The van der Waals surface area contributed by atoms with Gasteiger partial charge in [0.1, 0.15) is 18.1 Å². The maximum absolute atomic E-state index is 12.6. The summed E-state index contributed by atoms with van der Waals surface area (Å²) in [6.07, 6.45) is -3.38. The summed E-state index contributed by atoms with van der Waals surface area (Å²) in [6, 6.07) is 15.5. The number of fused-ring (bicyclic) bond motifs is 1. The molecule has 11 heteroatoms. The Labute approximate surface area is 197 Å². The standard InChI is InChI=1S/C18H15F3N4O4.C6H4/c1-11(26)23-15-8-12(6-7-22-15)9-24-10-16(27)25(17(24)28)13-2-4-14(5-3-13)29-18(19,20)21;1-2-5-4-6(5)3-1/h2-8H,9-10H2,1H3,(H,22,23,26);1-4H. The third-order valence-electron chi connectivity index (χ3n) is 4.98.